The lowest BCUT2D eigenvalue weighted by Crippen LogP contribution is -2.14. The smallest absolute Gasteiger partial charge is 0.280 e. The number of pyridine rings is 1. The van der Waals surface area contributed by atoms with Crippen molar-refractivity contribution in [3.05, 3.63) is 35.9 Å². The minimum Gasteiger partial charge on any atom is -0.334 e. The molecule has 84 valence electrons. The lowest BCUT2D eigenvalue weighted by molar-refractivity contribution is 0.598. The van der Waals surface area contributed by atoms with Crippen LogP contribution in [0.2, 0.25) is 5.02 Å². The lowest BCUT2D eigenvalue weighted by Gasteiger charge is -2.05. The van der Waals surface area contributed by atoms with Gasteiger partial charge >= 0.3 is 0 Å². The summed E-state index contributed by atoms with van der Waals surface area (Å²) in [5.41, 5.74) is 0. The largest absolute Gasteiger partial charge is 0.334 e. The van der Waals surface area contributed by atoms with Crippen molar-refractivity contribution in [3.63, 3.8) is 0 Å². The van der Waals surface area contributed by atoms with E-state index in [9.17, 15) is 8.42 Å². The van der Waals surface area contributed by atoms with Gasteiger partial charge in [-0.15, -0.1) is 0 Å². The Morgan fingerprint density at radius 2 is 2.25 bits per heavy atom. The van der Waals surface area contributed by atoms with E-state index in [4.69, 9.17) is 11.6 Å². The van der Waals surface area contributed by atoms with Crippen LogP contribution in [0.15, 0.2) is 35.9 Å². The average molecular weight is 259 g/mol. The molecule has 0 aliphatic carbocycles. The zero-order valence-electron chi connectivity index (χ0n) is 7.88. The van der Waals surface area contributed by atoms with Crippen molar-refractivity contribution < 1.29 is 8.42 Å². The van der Waals surface area contributed by atoms with Gasteiger partial charge in [0.25, 0.3) is 10.0 Å². The number of rotatable bonds is 3. The van der Waals surface area contributed by atoms with Crippen LogP contribution in [0.3, 0.4) is 0 Å². The SMILES string of the molecule is O=S(=O)(Nc1ncccc1Cl)c1cnc[nH]1. The van der Waals surface area contributed by atoms with Gasteiger partial charge in [-0.25, -0.2) is 9.97 Å². The quantitative estimate of drug-likeness (QED) is 0.868. The molecule has 2 aromatic heterocycles. The number of halogens is 1. The van der Waals surface area contributed by atoms with Gasteiger partial charge < -0.3 is 4.98 Å². The minimum absolute atomic E-state index is 0.0470. The van der Waals surface area contributed by atoms with Crippen molar-refractivity contribution in [2.45, 2.75) is 5.03 Å². The Morgan fingerprint density at radius 1 is 1.44 bits per heavy atom. The Labute approximate surface area is 96.8 Å². The number of H-pyrrole nitrogens is 1. The third-order valence-electron chi connectivity index (χ3n) is 1.75. The average Bonchev–Trinajstić information content (AvgIpc) is 2.75. The summed E-state index contributed by atoms with van der Waals surface area (Å²) in [4.78, 5) is 9.93. The van der Waals surface area contributed by atoms with Crippen molar-refractivity contribution in [1.82, 2.24) is 15.0 Å². The minimum atomic E-state index is -3.71. The zero-order chi connectivity index (χ0) is 11.6. The molecule has 0 unspecified atom stereocenters. The van der Waals surface area contributed by atoms with Crippen LogP contribution in [0.5, 0.6) is 0 Å². The molecule has 16 heavy (non-hydrogen) atoms. The highest BCUT2D eigenvalue weighted by atomic mass is 35.5. The Hall–Kier alpha value is -1.60. The van der Waals surface area contributed by atoms with E-state index in [2.05, 4.69) is 19.7 Å². The first kappa shape index (κ1) is 10.9. The maximum atomic E-state index is 11.7. The third-order valence-corrected chi connectivity index (χ3v) is 3.32. The molecule has 0 amide bonds. The van der Waals surface area contributed by atoms with Gasteiger partial charge in [0.1, 0.15) is 0 Å². The molecule has 2 heterocycles. The summed E-state index contributed by atoms with van der Waals surface area (Å²) < 4.78 is 25.7. The molecule has 0 bridgehead atoms. The summed E-state index contributed by atoms with van der Waals surface area (Å²) in [6.07, 6.45) is 3.91. The van der Waals surface area contributed by atoms with Gasteiger partial charge in [0.05, 0.1) is 17.5 Å². The summed E-state index contributed by atoms with van der Waals surface area (Å²) >= 11 is 5.78. The number of anilines is 1. The highest BCUT2D eigenvalue weighted by Gasteiger charge is 2.17. The molecule has 0 aromatic carbocycles. The fourth-order valence-corrected chi connectivity index (χ4v) is 2.19. The second-order valence-corrected chi connectivity index (χ2v) is 4.91. The van der Waals surface area contributed by atoms with E-state index in [1.165, 1.54) is 18.7 Å². The molecule has 8 heteroatoms. The highest BCUT2D eigenvalue weighted by molar-refractivity contribution is 7.92. The number of sulfonamides is 1. The molecular formula is C8H7ClN4O2S. The van der Waals surface area contributed by atoms with E-state index in [-0.39, 0.29) is 15.9 Å². The maximum absolute atomic E-state index is 11.7. The summed E-state index contributed by atoms with van der Waals surface area (Å²) in [6, 6.07) is 3.15. The molecule has 0 spiro atoms. The van der Waals surface area contributed by atoms with E-state index >= 15 is 0 Å². The van der Waals surface area contributed by atoms with Gasteiger partial charge in [-0.1, -0.05) is 11.6 Å². The normalized spacial score (nSPS) is 11.3. The first-order valence-electron chi connectivity index (χ1n) is 4.21. The van der Waals surface area contributed by atoms with Crippen LogP contribution in [-0.4, -0.2) is 23.4 Å². The van der Waals surface area contributed by atoms with Crippen LogP contribution in [0.1, 0.15) is 0 Å². The molecule has 0 aliphatic heterocycles. The number of hydrogen-bond acceptors (Lipinski definition) is 4. The Bertz CT molecular complexity index is 582. The maximum Gasteiger partial charge on any atom is 0.280 e. The van der Waals surface area contributed by atoms with E-state index in [0.717, 1.165) is 0 Å². The molecule has 0 fully saturated rings. The van der Waals surface area contributed by atoms with Gasteiger partial charge in [-0.2, -0.15) is 8.42 Å². The monoisotopic (exact) mass is 258 g/mol. The van der Waals surface area contributed by atoms with Gasteiger partial charge in [-0.05, 0) is 12.1 Å². The first-order valence-corrected chi connectivity index (χ1v) is 6.07. The number of nitrogens with zero attached hydrogens (tertiary/aromatic N) is 2. The van der Waals surface area contributed by atoms with Crippen LogP contribution >= 0.6 is 11.6 Å². The van der Waals surface area contributed by atoms with E-state index in [1.54, 1.807) is 12.1 Å². The summed E-state index contributed by atoms with van der Waals surface area (Å²) in [7, 11) is -3.71. The van der Waals surface area contributed by atoms with Crippen LogP contribution in [-0.2, 0) is 10.0 Å². The van der Waals surface area contributed by atoms with Crippen molar-refractivity contribution in [2.75, 3.05) is 4.72 Å². The van der Waals surface area contributed by atoms with Crippen LogP contribution < -0.4 is 4.72 Å². The fraction of sp³-hybridized carbons (Fsp3) is 0. The molecule has 6 nitrogen and oxygen atoms in total. The van der Waals surface area contributed by atoms with Gasteiger partial charge in [0.2, 0.25) is 0 Å². The molecule has 0 radical (unpaired) electrons. The molecule has 0 aliphatic rings. The number of aromatic amines is 1. The van der Waals surface area contributed by atoms with Crippen molar-refractivity contribution in [2.24, 2.45) is 0 Å². The van der Waals surface area contributed by atoms with E-state index < -0.39 is 10.0 Å². The molecule has 2 rings (SSSR count). The molecule has 2 aromatic rings. The van der Waals surface area contributed by atoms with Crippen LogP contribution in [0.4, 0.5) is 5.82 Å². The number of imidazole rings is 1. The summed E-state index contributed by atoms with van der Waals surface area (Å²) in [5.74, 6) is 0.0822. The number of hydrogen-bond donors (Lipinski definition) is 2. The van der Waals surface area contributed by atoms with Crippen molar-refractivity contribution in [3.8, 4) is 0 Å². The Kier molecular flexibility index (Phi) is 2.80. The number of aromatic nitrogens is 3. The molecule has 2 N–H and O–H groups in total. The van der Waals surface area contributed by atoms with Crippen LogP contribution in [0.25, 0.3) is 0 Å². The van der Waals surface area contributed by atoms with Crippen molar-refractivity contribution >= 4 is 27.4 Å². The van der Waals surface area contributed by atoms with Crippen LogP contribution in [0, 0.1) is 0 Å². The second kappa shape index (κ2) is 4.11. The second-order valence-electron chi connectivity index (χ2n) is 2.86. The first-order chi connectivity index (χ1) is 7.59. The third kappa shape index (κ3) is 2.15. The fourth-order valence-electron chi connectivity index (χ4n) is 1.03. The molecule has 0 saturated carbocycles. The molecule has 0 saturated heterocycles. The summed E-state index contributed by atoms with van der Waals surface area (Å²) in [6.45, 7) is 0. The molecule has 0 atom stereocenters. The predicted molar refractivity (Wildman–Crippen MR) is 58.6 cm³/mol. The standard InChI is InChI=1S/C8H7ClN4O2S/c9-6-2-1-3-11-8(6)13-16(14,15)7-4-10-5-12-7/h1-5H,(H,10,12)(H,11,13). The van der Waals surface area contributed by atoms with Crippen molar-refractivity contribution in [1.29, 1.82) is 0 Å². The predicted octanol–water partition coefficient (Wildman–Crippen LogP) is 1.26. The number of nitrogens with one attached hydrogen (secondary N) is 2. The Morgan fingerprint density at radius 3 is 2.88 bits per heavy atom. The highest BCUT2D eigenvalue weighted by Crippen LogP contribution is 2.20. The van der Waals surface area contributed by atoms with E-state index in [0.29, 0.717) is 0 Å². The van der Waals surface area contributed by atoms with Gasteiger partial charge in [0.15, 0.2) is 10.8 Å². The van der Waals surface area contributed by atoms with Gasteiger partial charge in [0, 0.05) is 6.20 Å². The molecular weight excluding hydrogens is 252 g/mol. The summed E-state index contributed by atoms with van der Waals surface area (Å²) in [5, 5.41) is 0.180. The lowest BCUT2D eigenvalue weighted by atomic mass is 10.5. The topological polar surface area (TPSA) is 87.7 Å². The van der Waals surface area contributed by atoms with Gasteiger partial charge in [-0.3, -0.25) is 4.72 Å². The Balaban J connectivity index is 2.33. The van der Waals surface area contributed by atoms with E-state index in [1.807, 2.05) is 0 Å². The zero-order valence-corrected chi connectivity index (χ0v) is 9.46.